The predicted molar refractivity (Wildman–Crippen MR) is 72.3 cm³/mol. The molecule has 1 heterocycles. The molecule has 1 atom stereocenters. The lowest BCUT2D eigenvalue weighted by atomic mass is 10.2. The molecule has 0 amide bonds. The van der Waals surface area contributed by atoms with Crippen LogP contribution in [0, 0.1) is 22.9 Å². The van der Waals surface area contributed by atoms with Crippen molar-refractivity contribution in [2.45, 2.75) is 30.7 Å². The van der Waals surface area contributed by atoms with Gasteiger partial charge >= 0.3 is 5.97 Å². The first-order chi connectivity index (χ1) is 10.2. The first kappa shape index (κ1) is 16.3. The van der Waals surface area contributed by atoms with E-state index in [9.17, 15) is 27.7 Å². The molecule has 120 valence electrons. The molecule has 0 radical (unpaired) electrons. The first-order valence-corrected chi connectivity index (χ1v) is 7.79. The average Bonchev–Trinajstić information content (AvgIpc) is 2.91. The number of sulfonamides is 1. The van der Waals surface area contributed by atoms with Crippen LogP contribution >= 0.6 is 0 Å². The summed E-state index contributed by atoms with van der Waals surface area (Å²) in [5.74, 6) is -2.33. The van der Waals surface area contributed by atoms with Gasteiger partial charge in [0.1, 0.15) is 11.9 Å². The van der Waals surface area contributed by atoms with Crippen molar-refractivity contribution in [3.63, 3.8) is 0 Å². The minimum atomic E-state index is -4.32. The number of hydrogen-bond donors (Lipinski definition) is 1. The Balaban J connectivity index is 2.55. The zero-order chi connectivity index (χ0) is 16.7. The van der Waals surface area contributed by atoms with Gasteiger partial charge in [0.2, 0.25) is 10.0 Å². The van der Waals surface area contributed by atoms with Crippen LogP contribution in [0.4, 0.5) is 10.1 Å². The second-order valence-corrected chi connectivity index (χ2v) is 6.81. The molecule has 0 saturated carbocycles. The van der Waals surface area contributed by atoms with E-state index in [1.54, 1.807) is 0 Å². The molecular weight excluding hydrogens is 319 g/mol. The van der Waals surface area contributed by atoms with Crippen molar-refractivity contribution >= 4 is 21.7 Å². The van der Waals surface area contributed by atoms with Gasteiger partial charge in [-0.3, -0.25) is 14.9 Å². The predicted octanol–water partition coefficient (Wildman–Crippen LogP) is 1.28. The van der Waals surface area contributed by atoms with Crippen LogP contribution in [0.1, 0.15) is 18.4 Å². The molecule has 1 fully saturated rings. The van der Waals surface area contributed by atoms with Crippen LogP contribution in [0.2, 0.25) is 0 Å². The molecule has 10 heteroatoms. The number of nitrogens with zero attached hydrogens (tertiary/aromatic N) is 2. The maximum absolute atomic E-state index is 13.8. The lowest BCUT2D eigenvalue weighted by molar-refractivity contribution is -0.385. The fourth-order valence-electron chi connectivity index (χ4n) is 2.39. The van der Waals surface area contributed by atoms with E-state index in [0.29, 0.717) is 12.5 Å². The lowest BCUT2D eigenvalue weighted by Crippen LogP contribution is -2.40. The van der Waals surface area contributed by atoms with E-state index < -0.39 is 43.4 Å². The minimum absolute atomic E-state index is 0.0252. The molecule has 0 unspecified atom stereocenters. The van der Waals surface area contributed by atoms with E-state index in [1.165, 1.54) is 6.92 Å². The second-order valence-electron chi connectivity index (χ2n) is 4.92. The Kier molecular flexibility index (Phi) is 4.16. The van der Waals surface area contributed by atoms with E-state index in [2.05, 4.69) is 0 Å². The molecule has 1 aromatic rings. The first-order valence-electron chi connectivity index (χ1n) is 6.35. The summed E-state index contributed by atoms with van der Waals surface area (Å²) in [6.45, 7) is 1.14. The van der Waals surface area contributed by atoms with Crippen molar-refractivity contribution in [1.29, 1.82) is 0 Å². The molecule has 1 aromatic carbocycles. The van der Waals surface area contributed by atoms with E-state index in [0.717, 1.165) is 10.4 Å². The van der Waals surface area contributed by atoms with Crippen molar-refractivity contribution in [3.05, 3.63) is 33.6 Å². The summed E-state index contributed by atoms with van der Waals surface area (Å²) in [5.41, 5.74) is -0.940. The summed E-state index contributed by atoms with van der Waals surface area (Å²) in [4.78, 5) is 20.5. The maximum atomic E-state index is 13.8. The van der Waals surface area contributed by atoms with Crippen LogP contribution < -0.4 is 0 Å². The van der Waals surface area contributed by atoms with Crippen LogP contribution in [-0.4, -0.2) is 41.3 Å². The SMILES string of the molecule is Cc1c(F)cc(S(=O)(=O)N2CCC[C@H]2C(=O)O)cc1[N+](=O)[O-]. The number of carboxylic acid groups (broad SMARTS) is 1. The maximum Gasteiger partial charge on any atom is 0.322 e. The van der Waals surface area contributed by atoms with E-state index in [4.69, 9.17) is 5.11 Å². The van der Waals surface area contributed by atoms with Gasteiger partial charge in [-0.25, -0.2) is 12.8 Å². The van der Waals surface area contributed by atoms with Crippen LogP contribution in [-0.2, 0) is 14.8 Å². The van der Waals surface area contributed by atoms with Gasteiger partial charge in [-0.15, -0.1) is 0 Å². The highest BCUT2D eigenvalue weighted by Crippen LogP contribution is 2.30. The smallest absolute Gasteiger partial charge is 0.322 e. The van der Waals surface area contributed by atoms with Gasteiger partial charge in [-0.05, 0) is 25.8 Å². The van der Waals surface area contributed by atoms with E-state index in [1.807, 2.05) is 0 Å². The number of rotatable bonds is 4. The minimum Gasteiger partial charge on any atom is -0.480 e. The molecule has 1 N–H and O–H groups in total. The fraction of sp³-hybridized carbons (Fsp3) is 0.417. The number of hydrogen-bond acceptors (Lipinski definition) is 5. The fourth-order valence-corrected chi connectivity index (χ4v) is 4.07. The van der Waals surface area contributed by atoms with Gasteiger partial charge < -0.3 is 5.11 Å². The largest absolute Gasteiger partial charge is 0.480 e. The number of halogens is 1. The molecule has 1 aliphatic heterocycles. The molecular formula is C12H13FN2O6S. The summed E-state index contributed by atoms with van der Waals surface area (Å²) < 4.78 is 39.4. The molecule has 0 spiro atoms. The number of nitro groups is 1. The van der Waals surface area contributed by atoms with Gasteiger partial charge in [0.25, 0.3) is 5.69 Å². The summed E-state index contributed by atoms with van der Waals surface area (Å²) in [7, 11) is -4.32. The Morgan fingerprint density at radius 2 is 2.14 bits per heavy atom. The molecule has 0 aliphatic carbocycles. The number of aliphatic carboxylic acids is 1. The van der Waals surface area contributed by atoms with Crippen molar-refractivity contribution in [1.82, 2.24) is 4.31 Å². The summed E-state index contributed by atoms with van der Waals surface area (Å²) >= 11 is 0. The van der Waals surface area contributed by atoms with Crippen LogP contribution in [0.25, 0.3) is 0 Å². The summed E-state index contributed by atoms with van der Waals surface area (Å²) in [6, 6.07) is 0.188. The molecule has 1 saturated heterocycles. The van der Waals surface area contributed by atoms with Crippen molar-refractivity contribution in [2.75, 3.05) is 6.54 Å². The third-order valence-electron chi connectivity index (χ3n) is 3.58. The Hall–Kier alpha value is -2.07. The third-order valence-corrected chi connectivity index (χ3v) is 5.47. The lowest BCUT2D eigenvalue weighted by Gasteiger charge is -2.21. The highest BCUT2D eigenvalue weighted by molar-refractivity contribution is 7.89. The highest BCUT2D eigenvalue weighted by atomic mass is 32.2. The van der Waals surface area contributed by atoms with E-state index in [-0.39, 0.29) is 18.5 Å². The Labute approximate surface area is 125 Å². The highest BCUT2D eigenvalue weighted by Gasteiger charge is 2.40. The average molecular weight is 332 g/mol. The number of nitro benzene ring substituents is 1. The molecule has 8 nitrogen and oxygen atoms in total. The summed E-state index contributed by atoms with van der Waals surface area (Å²) in [5, 5.41) is 19.9. The van der Waals surface area contributed by atoms with Crippen molar-refractivity contribution < 1.29 is 27.6 Å². The van der Waals surface area contributed by atoms with Gasteiger partial charge in [0, 0.05) is 12.6 Å². The number of carbonyl (C=O) groups is 1. The van der Waals surface area contributed by atoms with Gasteiger partial charge in [0.15, 0.2) is 0 Å². The quantitative estimate of drug-likeness (QED) is 0.655. The second kappa shape index (κ2) is 5.61. The molecule has 1 aliphatic rings. The van der Waals surface area contributed by atoms with Crippen molar-refractivity contribution in [2.24, 2.45) is 0 Å². The Morgan fingerprint density at radius 3 is 2.68 bits per heavy atom. The summed E-state index contributed by atoms with van der Waals surface area (Å²) in [6.07, 6.45) is 0.498. The standard InChI is InChI=1S/C12H13FN2O6S/c1-7-9(13)5-8(6-11(7)15(18)19)22(20,21)14-4-2-3-10(14)12(16)17/h5-6,10H,2-4H2,1H3,(H,16,17)/t10-/m0/s1. The van der Waals surface area contributed by atoms with Gasteiger partial charge in [0.05, 0.1) is 15.4 Å². The van der Waals surface area contributed by atoms with Crippen LogP contribution in [0.3, 0.4) is 0 Å². The zero-order valence-corrected chi connectivity index (χ0v) is 12.3. The van der Waals surface area contributed by atoms with Crippen LogP contribution in [0.15, 0.2) is 17.0 Å². The topological polar surface area (TPSA) is 118 Å². The van der Waals surface area contributed by atoms with Gasteiger partial charge in [-0.1, -0.05) is 0 Å². The zero-order valence-electron chi connectivity index (χ0n) is 11.5. The number of carboxylic acids is 1. The number of benzene rings is 1. The third kappa shape index (κ3) is 2.66. The Bertz CT molecular complexity index is 748. The molecule has 0 aromatic heterocycles. The molecule has 22 heavy (non-hydrogen) atoms. The Morgan fingerprint density at radius 1 is 1.50 bits per heavy atom. The van der Waals surface area contributed by atoms with Crippen molar-refractivity contribution in [3.8, 4) is 0 Å². The van der Waals surface area contributed by atoms with E-state index >= 15 is 0 Å². The molecule has 2 rings (SSSR count). The normalized spacial score (nSPS) is 19.3. The monoisotopic (exact) mass is 332 g/mol. The van der Waals surface area contributed by atoms with Crippen LogP contribution in [0.5, 0.6) is 0 Å². The van der Waals surface area contributed by atoms with Gasteiger partial charge in [-0.2, -0.15) is 4.31 Å². The molecule has 0 bridgehead atoms.